The molecule has 2 heterocycles. The maximum Gasteiger partial charge on any atom is 0.310 e. The van der Waals surface area contributed by atoms with Gasteiger partial charge in [-0.3, -0.25) is 14.6 Å². The number of nitrogens with zero attached hydrogens (tertiary/aromatic N) is 2. The van der Waals surface area contributed by atoms with Crippen molar-refractivity contribution in [1.82, 2.24) is 9.88 Å². The topological polar surface area (TPSA) is 59.5 Å². The average molecular weight is 276 g/mol. The highest BCUT2D eigenvalue weighted by Crippen LogP contribution is 2.18. The third-order valence-corrected chi connectivity index (χ3v) is 3.47. The van der Waals surface area contributed by atoms with E-state index in [9.17, 15) is 9.59 Å². The lowest BCUT2D eigenvalue weighted by Crippen LogP contribution is -2.43. The van der Waals surface area contributed by atoms with E-state index in [1.807, 2.05) is 12.1 Å². The molecule has 1 aliphatic heterocycles. The summed E-state index contributed by atoms with van der Waals surface area (Å²) in [5.41, 5.74) is 0.899. The molecule has 108 valence electrons. The number of carbonyl (C=O) groups is 2. The van der Waals surface area contributed by atoms with Crippen LogP contribution in [0, 0.1) is 5.92 Å². The first-order valence-electron chi connectivity index (χ1n) is 7.04. The maximum absolute atomic E-state index is 12.2. The summed E-state index contributed by atoms with van der Waals surface area (Å²) < 4.78 is 5.04. The van der Waals surface area contributed by atoms with E-state index in [0.29, 0.717) is 19.6 Å². The lowest BCUT2D eigenvalue weighted by atomic mass is 9.97. The lowest BCUT2D eigenvalue weighted by molar-refractivity contribution is -0.151. The van der Waals surface area contributed by atoms with Crippen molar-refractivity contribution in [3.8, 4) is 0 Å². The van der Waals surface area contributed by atoms with Gasteiger partial charge in [0.05, 0.1) is 18.9 Å². The molecule has 0 aromatic carbocycles. The molecule has 1 aromatic rings. The van der Waals surface area contributed by atoms with Crippen molar-refractivity contribution in [3.05, 3.63) is 30.1 Å². The van der Waals surface area contributed by atoms with Crippen molar-refractivity contribution >= 4 is 11.9 Å². The van der Waals surface area contributed by atoms with Crippen LogP contribution in [0.15, 0.2) is 24.5 Å². The van der Waals surface area contributed by atoms with Gasteiger partial charge in [0, 0.05) is 25.5 Å². The van der Waals surface area contributed by atoms with Crippen molar-refractivity contribution in [3.63, 3.8) is 0 Å². The fourth-order valence-corrected chi connectivity index (χ4v) is 2.45. The van der Waals surface area contributed by atoms with Gasteiger partial charge in [-0.2, -0.15) is 0 Å². The Kier molecular flexibility index (Phi) is 5.09. The molecule has 5 nitrogen and oxygen atoms in total. The minimum atomic E-state index is -0.189. The number of amides is 1. The highest BCUT2D eigenvalue weighted by atomic mass is 16.5. The first-order valence-corrected chi connectivity index (χ1v) is 7.04. The molecule has 1 fully saturated rings. The second-order valence-electron chi connectivity index (χ2n) is 4.97. The van der Waals surface area contributed by atoms with E-state index in [-0.39, 0.29) is 17.8 Å². The zero-order valence-electron chi connectivity index (χ0n) is 11.7. The van der Waals surface area contributed by atoms with Crippen LogP contribution in [0.3, 0.4) is 0 Å². The van der Waals surface area contributed by atoms with E-state index in [4.69, 9.17) is 4.74 Å². The van der Waals surface area contributed by atoms with E-state index in [1.165, 1.54) is 0 Å². The fourth-order valence-electron chi connectivity index (χ4n) is 2.45. The highest BCUT2D eigenvalue weighted by Gasteiger charge is 2.29. The summed E-state index contributed by atoms with van der Waals surface area (Å²) in [5, 5.41) is 0. The molecule has 1 unspecified atom stereocenters. The summed E-state index contributed by atoms with van der Waals surface area (Å²) >= 11 is 0. The van der Waals surface area contributed by atoms with E-state index in [1.54, 1.807) is 24.2 Å². The number of carbonyl (C=O) groups excluding carboxylic acids is 2. The van der Waals surface area contributed by atoms with E-state index in [0.717, 1.165) is 24.9 Å². The third-order valence-electron chi connectivity index (χ3n) is 3.47. The SMILES string of the molecule is CCOC(=O)C1CCCN(C(=O)Cc2cccnc2)C1. The molecule has 1 aliphatic rings. The molecule has 0 bridgehead atoms. The van der Waals surface area contributed by atoms with Crippen LogP contribution >= 0.6 is 0 Å². The van der Waals surface area contributed by atoms with Crippen molar-refractivity contribution < 1.29 is 14.3 Å². The normalized spacial score (nSPS) is 18.6. The Bertz CT molecular complexity index is 461. The lowest BCUT2D eigenvalue weighted by Gasteiger charge is -2.31. The average Bonchev–Trinajstić information content (AvgIpc) is 2.48. The van der Waals surface area contributed by atoms with Gasteiger partial charge < -0.3 is 9.64 Å². The maximum atomic E-state index is 12.2. The highest BCUT2D eigenvalue weighted by molar-refractivity contribution is 5.80. The summed E-state index contributed by atoms with van der Waals surface area (Å²) in [6.07, 6.45) is 5.37. The molecule has 0 aliphatic carbocycles. The smallest absolute Gasteiger partial charge is 0.310 e. The molecule has 1 saturated heterocycles. The Morgan fingerprint density at radius 1 is 1.50 bits per heavy atom. The first kappa shape index (κ1) is 14.5. The quantitative estimate of drug-likeness (QED) is 0.780. The van der Waals surface area contributed by atoms with Gasteiger partial charge in [0.1, 0.15) is 0 Å². The molecular formula is C15H20N2O3. The Morgan fingerprint density at radius 3 is 3.05 bits per heavy atom. The number of hydrogen-bond donors (Lipinski definition) is 0. The molecule has 20 heavy (non-hydrogen) atoms. The summed E-state index contributed by atoms with van der Waals surface area (Å²) in [5.74, 6) is -0.320. The molecule has 0 N–H and O–H groups in total. The standard InChI is InChI=1S/C15H20N2O3/c1-2-20-15(19)13-6-4-8-17(11-13)14(18)9-12-5-3-7-16-10-12/h3,5,7,10,13H,2,4,6,8-9,11H2,1H3. The Labute approximate surface area is 118 Å². The Hall–Kier alpha value is -1.91. The third kappa shape index (κ3) is 3.79. The molecule has 1 atom stereocenters. The minimum absolute atomic E-state index is 0.0481. The van der Waals surface area contributed by atoms with E-state index >= 15 is 0 Å². The van der Waals surface area contributed by atoms with Crippen LogP contribution < -0.4 is 0 Å². The predicted molar refractivity (Wildman–Crippen MR) is 73.9 cm³/mol. The van der Waals surface area contributed by atoms with Crippen molar-refractivity contribution in [1.29, 1.82) is 0 Å². The van der Waals surface area contributed by atoms with Gasteiger partial charge in [0.2, 0.25) is 5.91 Å². The summed E-state index contributed by atoms with van der Waals surface area (Å²) in [7, 11) is 0. The minimum Gasteiger partial charge on any atom is -0.466 e. The zero-order chi connectivity index (χ0) is 14.4. The summed E-state index contributed by atoms with van der Waals surface area (Å²) in [6, 6.07) is 3.71. The molecule has 1 amide bonds. The Morgan fingerprint density at radius 2 is 2.35 bits per heavy atom. The molecule has 0 spiro atoms. The zero-order valence-corrected chi connectivity index (χ0v) is 11.7. The fraction of sp³-hybridized carbons (Fsp3) is 0.533. The number of rotatable bonds is 4. The second-order valence-corrected chi connectivity index (χ2v) is 4.97. The van der Waals surface area contributed by atoms with Crippen LogP contribution in [-0.4, -0.2) is 41.5 Å². The van der Waals surface area contributed by atoms with Crippen LogP contribution in [0.4, 0.5) is 0 Å². The Balaban J connectivity index is 1.91. The van der Waals surface area contributed by atoms with Gasteiger partial charge >= 0.3 is 5.97 Å². The van der Waals surface area contributed by atoms with Gasteiger partial charge in [-0.15, -0.1) is 0 Å². The molecule has 5 heteroatoms. The predicted octanol–water partition coefficient (Wildman–Crippen LogP) is 1.43. The second kappa shape index (κ2) is 7.03. The van der Waals surface area contributed by atoms with Crippen LogP contribution in [0.25, 0.3) is 0 Å². The van der Waals surface area contributed by atoms with Gasteiger partial charge in [-0.25, -0.2) is 0 Å². The first-order chi connectivity index (χ1) is 9.70. The summed E-state index contributed by atoms with van der Waals surface area (Å²) in [6.45, 7) is 3.37. The molecule has 2 rings (SSSR count). The largest absolute Gasteiger partial charge is 0.466 e. The van der Waals surface area contributed by atoms with Crippen molar-refractivity contribution in [2.45, 2.75) is 26.2 Å². The van der Waals surface area contributed by atoms with Crippen molar-refractivity contribution in [2.24, 2.45) is 5.92 Å². The number of pyridine rings is 1. The van der Waals surface area contributed by atoms with Crippen molar-refractivity contribution in [2.75, 3.05) is 19.7 Å². The number of hydrogen-bond acceptors (Lipinski definition) is 4. The van der Waals surface area contributed by atoms with E-state index in [2.05, 4.69) is 4.98 Å². The van der Waals surface area contributed by atoms with Gasteiger partial charge in [0.15, 0.2) is 0 Å². The van der Waals surface area contributed by atoms with Gasteiger partial charge in [-0.1, -0.05) is 6.07 Å². The number of esters is 1. The number of piperidine rings is 1. The van der Waals surface area contributed by atoms with Gasteiger partial charge in [-0.05, 0) is 31.4 Å². The molecular weight excluding hydrogens is 256 g/mol. The molecule has 1 aromatic heterocycles. The van der Waals surface area contributed by atoms with Gasteiger partial charge in [0.25, 0.3) is 0 Å². The monoisotopic (exact) mass is 276 g/mol. The van der Waals surface area contributed by atoms with Crippen LogP contribution in [-0.2, 0) is 20.7 Å². The van der Waals surface area contributed by atoms with Crippen LogP contribution in [0.2, 0.25) is 0 Å². The number of likely N-dealkylation sites (tertiary alicyclic amines) is 1. The number of ether oxygens (including phenoxy) is 1. The molecule has 0 saturated carbocycles. The van der Waals surface area contributed by atoms with Crippen LogP contribution in [0.5, 0.6) is 0 Å². The molecule has 0 radical (unpaired) electrons. The van der Waals surface area contributed by atoms with E-state index < -0.39 is 0 Å². The number of aromatic nitrogens is 1. The van der Waals surface area contributed by atoms with Crippen LogP contribution in [0.1, 0.15) is 25.3 Å². The summed E-state index contributed by atoms with van der Waals surface area (Å²) in [4.78, 5) is 29.8.